The highest BCUT2D eigenvalue weighted by atomic mass is 16.5. The Morgan fingerprint density at radius 2 is 2.12 bits per heavy atom. The van der Waals surface area contributed by atoms with Gasteiger partial charge in [-0.3, -0.25) is 4.79 Å². The molecule has 0 saturated carbocycles. The maximum absolute atomic E-state index is 12.6. The van der Waals surface area contributed by atoms with E-state index in [1.807, 2.05) is 12.1 Å². The number of urea groups is 1. The quantitative estimate of drug-likeness (QED) is 0.875. The van der Waals surface area contributed by atoms with Gasteiger partial charge in [-0.25, -0.2) is 9.48 Å². The number of rotatable bonds is 5. The molecule has 2 heterocycles. The van der Waals surface area contributed by atoms with E-state index in [0.29, 0.717) is 44.1 Å². The minimum Gasteiger partial charge on any atom is -0.495 e. The zero-order valence-electron chi connectivity index (χ0n) is 14.9. The molecule has 0 unspecified atom stereocenters. The lowest BCUT2D eigenvalue weighted by Gasteiger charge is -2.28. The average molecular weight is 358 g/mol. The second kappa shape index (κ2) is 8.01. The Balaban J connectivity index is 1.72. The summed E-state index contributed by atoms with van der Waals surface area (Å²) in [5, 5.41) is 7.26. The number of aromatic nitrogens is 2. The highest BCUT2D eigenvalue weighted by molar-refractivity contribution is 5.91. The average Bonchev–Trinajstić information content (AvgIpc) is 2.66. The Hall–Kier alpha value is -2.87. The van der Waals surface area contributed by atoms with Crippen LogP contribution in [0.1, 0.15) is 11.3 Å². The van der Waals surface area contributed by atoms with Gasteiger partial charge in [-0.05, 0) is 12.1 Å². The molecule has 1 aromatic carbocycles. The summed E-state index contributed by atoms with van der Waals surface area (Å²) < 4.78 is 11.7. The van der Waals surface area contributed by atoms with Crippen LogP contribution in [0.4, 0.5) is 10.5 Å². The Morgan fingerprint density at radius 3 is 2.88 bits per heavy atom. The minimum atomic E-state index is -0.233. The molecule has 0 radical (unpaired) electrons. The Bertz CT molecular complexity index is 849. The third-order valence-electron chi connectivity index (χ3n) is 4.29. The maximum atomic E-state index is 12.6. The molecule has 8 heteroatoms. The van der Waals surface area contributed by atoms with Crippen molar-refractivity contribution in [1.29, 1.82) is 0 Å². The van der Waals surface area contributed by atoms with Gasteiger partial charge in [-0.2, -0.15) is 5.10 Å². The van der Waals surface area contributed by atoms with E-state index in [4.69, 9.17) is 9.47 Å². The Kier molecular flexibility index (Phi) is 5.52. The lowest BCUT2D eigenvalue weighted by atomic mass is 10.1. The summed E-state index contributed by atoms with van der Waals surface area (Å²) in [4.78, 5) is 26.4. The van der Waals surface area contributed by atoms with Crippen LogP contribution in [-0.4, -0.2) is 48.1 Å². The number of amides is 2. The van der Waals surface area contributed by atoms with E-state index in [0.717, 1.165) is 11.3 Å². The fourth-order valence-corrected chi connectivity index (χ4v) is 2.89. The predicted molar refractivity (Wildman–Crippen MR) is 96.5 cm³/mol. The van der Waals surface area contributed by atoms with Crippen molar-refractivity contribution in [2.24, 2.45) is 0 Å². The van der Waals surface area contributed by atoms with Crippen molar-refractivity contribution in [3.8, 4) is 5.75 Å². The fraction of sp³-hybridized carbons (Fsp3) is 0.389. The SMILES string of the molecule is COCCn1nc2c(cc1=O)CN(C(=O)Nc1ccccc1OC)CC2. The summed E-state index contributed by atoms with van der Waals surface area (Å²) >= 11 is 0. The number of carbonyl (C=O) groups is 1. The number of benzene rings is 1. The van der Waals surface area contributed by atoms with Crippen LogP contribution < -0.4 is 15.6 Å². The molecule has 26 heavy (non-hydrogen) atoms. The predicted octanol–water partition coefficient (Wildman–Crippen LogP) is 1.49. The maximum Gasteiger partial charge on any atom is 0.322 e. The van der Waals surface area contributed by atoms with Crippen molar-refractivity contribution in [2.45, 2.75) is 19.5 Å². The van der Waals surface area contributed by atoms with Crippen molar-refractivity contribution in [1.82, 2.24) is 14.7 Å². The van der Waals surface area contributed by atoms with Crippen LogP contribution in [0.5, 0.6) is 5.75 Å². The summed E-state index contributed by atoms with van der Waals surface area (Å²) in [6.45, 7) is 1.73. The topological polar surface area (TPSA) is 85.7 Å². The summed E-state index contributed by atoms with van der Waals surface area (Å²) in [5.41, 5.74) is 2.05. The third-order valence-corrected chi connectivity index (χ3v) is 4.29. The number of nitrogens with zero attached hydrogens (tertiary/aromatic N) is 3. The first kappa shape index (κ1) is 17.9. The first-order valence-electron chi connectivity index (χ1n) is 8.40. The molecule has 138 valence electrons. The van der Waals surface area contributed by atoms with E-state index in [1.54, 1.807) is 37.3 Å². The Morgan fingerprint density at radius 1 is 1.31 bits per heavy atom. The van der Waals surface area contributed by atoms with Gasteiger partial charge in [0.15, 0.2) is 0 Å². The van der Waals surface area contributed by atoms with Crippen LogP contribution in [0.2, 0.25) is 0 Å². The highest BCUT2D eigenvalue weighted by Gasteiger charge is 2.23. The standard InChI is InChI=1S/C18H22N4O4/c1-25-10-9-22-17(23)11-13-12-21(8-7-14(13)20-22)18(24)19-15-5-3-4-6-16(15)26-2/h3-6,11H,7-10,12H2,1-2H3,(H,19,24). The molecule has 1 aliphatic rings. The fourth-order valence-electron chi connectivity index (χ4n) is 2.89. The van der Waals surface area contributed by atoms with Crippen LogP contribution in [0.25, 0.3) is 0 Å². The van der Waals surface area contributed by atoms with Crippen molar-refractivity contribution in [3.05, 3.63) is 51.9 Å². The number of nitrogens with one attached hydrogen (secondary N) is 1. The zero-order valence-corrected chi connectivity index (χ0v) is 14.9. The van der Waals surface area contributed by atoms with Crippen molar-refractivity contribution in [3.63, 3.8) is 0 Å². The molecule has 2 amide bonds. The molecule has 0 bridgehead atoms. The van der Waals surface area contributed by atoms with E-state index in [1.165, 1.54) is 4.68 Å². The number of anilines is 1. The van der Waals surface area contributed by atoms with Gasteiger partial charge in [-0.1, -0.05) is 12.1 Å². The molecule has 0 saturated heterocycles. The van der Waals surface area contributed by atoms with E-state index in [2.05, 4.69) is 10.4 Å². The largest absolute Gasteiger partial charge is 0.495 e. The summed E-state index contributed by atoms with van der Waals surface area (Å²) in [5.74, 6) is 0.598. The van der Waals surface area contributed by atoms with Crippen LogP contribution >= 0.6 is 0 Å². The first-order valence-corrected chi connectivity index (χ1v) is 8.40. The van der Waals surface area contributed by atoms with Gasteiger partial charge in [0.25, 0.3) is 5.56 Å². The second-order valence-corrected chi connectivity index (χ2v) is 5.97. The molecule has 1 N–H and O–H groups in total. The van der Waals surface area contributed by atoms with Crippen LogP contribution in [-0.2, 0) is 24.2 Å². The highest BCUT2D eigenvalue weighted by Crippen LogP contribution is 2.24. The second-order valence-electron chi connectivity index (χ2n) is 5.97. The molecule has 1 aromatic heterocycles. The molecular weight excluding hydrogens is 336 g/mol. The van der Waals surface area contributed by atoms with Crippen LogP contribution in [0.15, 0.2) is 35.1 Å². The van der Waals surface area contributed by atoms with E-state index >= 15 is 0 Å². The van der Waals surface area contributed by atoms with Gasteiger partial charge in [0.2, 0.25) is 0 Å². The van der Waals surface area contributed by atoms with Crippen molar-refractivity contribution >= 4 is 11.7 Å². The van der Waals surface area contributed by atoms with E-state index in [9.17, 15) is 9.59 Å². The summed E-state index contributed by atoms with van der Waals surface area (Å²) in [6.07, 6.45) is 0.599. The molecule has 0 spiro atoms. The molecule has 1 aliphatic heterocycles. The zero-order chi connectivity index (χ0) is 18.5. The normalized spacial score (nSPS) is 13.2. The van der Waals surface area contributed by atoms with Gasteiger partial charge in [0, 0.05) is 38.2 Å². The summed E-state index contributed by atoms with van der Waals surface area (Å²) in [7, 11) is 3.14. The lowest BCUT2D eigenvalue weighted by Crippen LogP contribution is -2.41. The summed E-state index contributed by atoms with van der Waals surface area (Å²) in [6, 6.07) is 8.56. The Labute approximate surface area is 151 Å². The number of fused-ring (bicyclic) bond motifs is 1. The van der Waals surface area contributed by atoms with E-state index in [-0.39, 0.29) is 11.6 Å². The van der Waals surface area contributed by atoms with Gasteiger partial charge in [0.05, 0.1) is 31.6 Å². The first-order chi connectivity index (χ1) is 12.6. The molecule has 3 rings (SSSR count). The minimum absolute atomic E-state index is 0.187. The van der Waals surface area contributed by atoms with Gasteiger partial charge in [0.1, 0.15) is 5.75 Å². The number of carbonyl (C=O) groups excluding carboxylic acids is 1. The number of methoxy groups -OCH3 is 2. The molecule has 2 aromatic rings. The molecular formula is C18H22N4O4. The van der Waals surface area contributed by atoms with Crippen molar-refractivity contribution < 1.29 is 14.3 Å². The monoisotopic (exact) mass is 358 g/mol. The van der Waals surface area contributed by atoms with Crippen molar-refractivity contribution in [2.75, 3.05) is 32.7 Å². The molecule has 0 atom stereocenters. The van der Waals surface area contributed by atoms with E-state index < -0.39 is 0 Å². The van der Waals surface area contributed by atoms with Crippen LogP contribution in [0.3, 0.4) is 0 Å². The lowest BCUT2D eigenvalue weighted by molar-refractivity contribution is 0.180. The molecule has 0 aliphatic carbocycles. The molecule has 8 nitrogen and oxygen atoms in total. The molecule has 0 fully saturated rings. The number of hydrogen-bond acceptors (Lipinski definition) is 5. The number of hydrogen-bond donors (Lipinski definition) is 1. The van der Waals surface area contributed by atoms with Crippen LogP contribution in [0, 0.1) is 0 Å². The van der Waals surface area contributed by atoms with Gasteiger partial charge < -0.3 is 19.7 Å². The third kappa shape index (κ3) is 3.85. The number of para-hydroxylation sites is 2. The number of ether oxygens (including phenoxy) is 2. The van der Waals surface area contributed by atoms with Gasteiger partial charge >= 0.3 is 6.03 Å². The smallest absolute Gasteiger partial charge is 0.322 e. The van der Waals surface area contributed by atoms with Gasteiger partial charge in [-0.15, -0.1) is 0 Å².